The predicted molar refractivity (Wildman–Crippen MR) is 102 cm³/mol. The van der Waals surface area contributed by atoms with Gasteiger partial charge in [-0.05, 0) is 44.2 Å². The molecule has 128 valence electrons. The summed E-state index contributed by atoms with van der Waals surface area (Å²) in [5.74, 6) is -0.232. The van der Waals surface area contributed by atoms with Gasteiger partial charge in [-0.15, -0.1) is 0 Å². The molecule has 0 bridgehead atoms. The number of carbonyl (C=O) groups is 1. The van der Waals surface area contributed by atoms with Gasteiger partial charge in [-0.2, -0.15) is 0 Å². The number of halogens is 1. The maximum Gasteiger partial charge on any atom is 0.262 e. The summed E-state index contributed by atoms with van der Waals surface area (Å²) in [6, 6.07) is 13.6. The van der Waals surface area contributed by atoms with E-state index < -0.39 is 0 Å². The molecule has 0 saturated carbocycles. The number of nitrogens with zero attached hydrogens (tertiary/aromatic N) is 3. The van der Waals surface area contributed by atoms with Crippen LogP contribution in [0.3, 0.4) is 0 Å². The van der Waals surface area contributed by atoms with E-state index in [9.17, 15) is 4.79 Å². The van der Waals surface area contributed by atoms with E-state index in [2.05, 4.69) is 10.4 Å². The fourth-order valence-electron chi connectivity index (χ4n) is 2.51. The lowest BCUT2D eigenvalue weighted by Gasteiger charge is -2.23. The molecule has 0 atom stereocenters. The summed E-state index contributed by atoms with van der Waals surface area (Å²) < 4.78 is 1.84. The monoisotopic (exact) mass is 354 g/mol. The number of hydrazine groups is 1. The number of pyridine rings is 1. The van der Waals surface area contributed by atoms with E-state index in [1.54, 1.807) is 11.1 Å². The molecule has 3 aromatic rings. The standard InChI is InChI=1S/C19H19ClN4O/c1-3-24(15-9-7-14(2)8-10-15)22-18(25)12-11-16-19(20)21-17-6-4-5-13-23(16)17/h4-13H,3H2,1-2H3,(H,22,25). The molecule has 6 heteroatoms. The first-order chi connectivity index (χ1) is 12.1. The Balaban J connectivity index is 1.75. The van der Waals surface area contributed by atoms with E-state index in [0.717, 1.165) is 11.3 Å². The number of amides is 1. The van der Waals surface area contributed by atoms with Gasteiger partial charge in [-0.25, -0.2) is 4.98 Å². The highest BCUT2D eigenvalue weighted by molar-refractivity contribution is 6.31. The van der Waals surface area contributed by atoms with E-state index in [0.29, 0.717) is 17.4 Å². The normalized spacial score (nSPS) is 11.2. The maximum atomic E-state index is 12.3. The average Bonchev–Trinajstić information content (AvgIpc) is 2.94. The van der Waals surface area contributed by atoms with Crippen LogP contribution in [0.1, 0.15) is 18.2 Å². The van der Waals surface area contributed by atoms with Crippen molar-refractivity contribution in [2.24, 2.45) is 0 Å². The number of aromatic nitrogens is 2. The molecule has 0 fully saturated rings. The topological polar surface area (TPSA) is 49.6 Å². The summed E-state index contributed by atoms with van der Waals surface area (Å²) in [5, 5.41) is 2.16. The van der Waals surface area contributed by atoms with E-state index in [4.69, 9.17) is 11.6 Å². The van der Waals surface area contributed by atoms with Crippen molar-refractivity contribution in [3.8, 4) is 0 Å². The van der Waals surface area contributed by atoms with Crippen molar-refractivity contribution in [3.05, 3.63) is 71.1 Å². The minimum atomic E-state index is -0.232. The third kappa shape index (κ3) is 3.83. The summed E-state index contributed by atoms with van der Waals surface area (Å²) in [7, 11) is 0. The third-order valence-electron chi connectivity index (χ3n) is 3.82. The molecule has 1 aromatic carbocycles. The molecular formula is C19H19ClN4O. The summed E-state index contributed by atoms with van der Waals surface area (Å²) in [6.07, 6.45) is 4.98. The Kier molecular flexibility index (Phi) is 5.05. The number of anilines is 1. The number of hydrogen-bond donors (Lipinski definition) is 1. The van der Waals surface area contributed by atoms with Crippen molar-refractivity contribution in [2.75, 3.05) is 11.6 Å². The van der Waals surface area contributed by atoms with Gasteiger partial charge in [0, 0.05) is 18.8 Å². The SMILES string of the molecule is CCN(NC(=O)C=Cc1c(Cl)nc2ccccn12)c1ccc(C)cc1. The number of hydrogen-bond acceptors (Lipinski definition) is 3. The quantitative estimate of drug-likeness (QED) is 0.559. The number of aryl methyl sites for hydroxylation is 1. The Morgan fingerprint density at radius 2 is 2.04 bits per heavy atom. The van der Waals surface area contributed by atoms with Gasteiger partial charge in [-0.3, -0.25) is 19.6 Å². The van der Waals surface area contributed by atoms with Gasteiger partial charge in [0.05, 0.1) is 11.4 Å². The molecule has 25 heavy (non-hydrogen) atoms. The fraction of sp³-hybridized carbons (Fsp3) is 0.158. The van der Waals surface area contributed by atoms with Crippen molar-refractivity contribution in [1.29, 1.82) is 0 Å². The first kappa shape index (κ1) is 17.0. The first-order valence-electron chi connectivity index (χ1n) is 8.04. The Bertz CT molecular complexity index is 915. The fourth-order valence-corrected chi connectivity index (χ4v) is 2.75. The molecule has 0 aliphatic heterocycles. The molecule has 0 aliphatic rings. The first-order valence-corrected chi connectivity index (χ1v) is 8.41. The second kappa shape index (κ2) is 7.40. The van der Waals surface area contributed by atoms with Gasteiger partial charge in [0.2, 0.25) is 0 Å². The highest BCUT2D eigenvalue weighted by Crippen LogP contribution is 2.19. The molecule has 0 saturated heterocycles. The number of rotatable bonds is 5. The molecule has 0 spiro atoms. The third-order valence-corrected chi connectivity index (χ3v) is 4.10. The molecule has 0 radical (unpaired) electrons. The molecule has 2 aromatic heterocycles. The Morgan fingerprint density at radius 3 is 2.76 bits per heavy atom. The van der Waals surface area contributed by atoms with Crippen LogP contribution in [0.15, 0.2) is 54.7 Å². The van der Waals surface area contributed by atoms with Gasteiger partial charge in [-0.1, -0.05) is 35.4 Å². The van der Waals surface area contributed by atoms with Gasteiger partial charge in [0.15, 0.2) is 5.15 Å². The van der Waals surface area contributed by atoms with Crippen LogP contribution >= 0.6 is 11.6 Å². The van der Waals surface area contributed by atoms with Crippen LogP contribution in [-0.2, 0) is 4.79 Å². The van der Waals surface area contributed by atoms with E-state index in [1.807, 2.05) is 66.9 Å². The van der Waals surface area contributed by atoms with Crippen LogP contribution < -0.4 is 10.4 Å². The lowest BCUT2D eigenvalue weighted by Crippen LogP contribution is -2.41. The maximum absolute atomic E-state index is 12.3. The Morgan fingerprint density at radius 1 is 1.28 bits per heavy atom. The number of fused-ring (bicyclic) bond motifs is 1. The van der Waals surface area contributed by atoms with E-state index in [1.165, 1.54) is 11.6 Å². The summed E-state index contributed by atoms with van der Waals surface area (Å²) in [4.78, 5) is 16.5. The highest BCUT2D eigenvalue weighted by Gasteiger charge is 2.09. The lowest BCUT2D eigenvalue weighted by molar-refractivity contribution is -0.116. The van der Waals surface area contributed by atoms with E-state index in [-0.39, 0.29) is 5.91 Å². The number of imidazole rings is 1. The molecule has 0 aliphatic carbocycles. The lowest BCUT2D eigenvalue weighted by atomic mass is 10.2. The molecule has 1 amide bonds. The van der Waals surface area contributed by atoms with Gasteiger partial charge in [0.25, 0.3) is 5.91 Å². The largest absolute Gasteiger partial charge is 0.299 e. The molecular weight excluding hydrogens is 336 g/mol. The smallest absolute Gasteiger partial charge is 0.262 e. The van der Waals surface area contributed by atoms with E-state index >= 15 is 0 Å². The number of nitrogens with one attached hydrogen (secondary N) is 1. The molecule has 1 N–H and O–H groups in total. The van der Waals surface area contributed by atoms with Crippen LogP contribution in [0.25, 0.3) is 11.7 Å². The molecule has 5 nitrogen and oxygen atoms in total. The van der Waals surface area contributed by atoms with Crippen molar-refractivity contribution in [3.63, 3.8) is 0 Å². The second-order valence-electron chi connectivity index (χ2n) is 5.61. The molecule has 0 unspecified atom stereocenters. The van der Waals surface area contributed by atoms with Crippen molar-refractivity contribution < 1.29 is 4.79 Å². The predicted octanol–water partition coefficient (Wildman–Crippen LogP) is 3.87. The van der Waals surface area contributed by atoms with Gasteiger partial charge < -0.3 is 0 Å². The zero-order chi connectivity index (χ0) is 17.8. The highest BCUT2D eigenvalue weighted by atomic mass is 35.5. The summed E-state index contributed by atoms with van der Waals surface area (Å²) >= 11 is 6.17. The summed E-state index contributed by atoms with van der Waals surface area (Å²) in [6.45, 7) is 4.66. The van der Waals surface area contributed by atoms with Crippen LogP contribution in [0, 0.1) is 6.92 Å². The van der Waals surface area contributed by atoms with Crippen LogP contribution in [0.5, 0.6) is 0 Å². The second-order valence-corrected chi connectivity index (χ2v) is 5.96. The average molecular weight is 355 g/mol. The zero-order valence-electron chi connectivity index (χ0n) is 14.1. The Hall–Kier alpha value is -2.79. The minimum Gasteiger partial charge on any atom is -0.299 e. The minimum absolute atomic E-state index is 0.232. The number of benzene rings is 1. The van der Waals surface area contributed by atoms with Crippen molar-refractivity contribution in [2.45, 2.75) is 13.8 Å². The zero-order valence-corrected chi connectivity index (χ0v) is 14.9. The number of carbonyl (C=O) groups excluding carboxylic acids is 1. The van der Waals surface area contributed by atoms with Crippen LogP contribution in [-0.4, -0.2) is 21.8 Å². The molecule has 3 rings (SSSR count). The van der Waals surface area contributed by atoms with Crippen molar-refractivity contribution >= 4 is 34.9 Å². The van der Waals surface area contributed by atoms with Crippen LogP contribution in [0.4, 0.5) is 5.69 Å². The van der Waals surface area contributed by atoms with Crippen molar-refractivity contribution in [1.82, 2.24) is 14.8 Å². The van der Waals surface area contributed by atoms with Crippen LogP contribution in [0.2, 0.25) is 5.15 Å². The Labute approximate surface area is 151 Å². The van der Waals surface area contributed by atoms with Gasteiger partial charge >= 0.3 is 0 Å². The summed E-state index contributed by atoms with van der Waals surface area (Å²) in [5.41, 5.74) is 6.38. The molecule has 2 heterocycles. The van der Waals surface area contributed by atoms with Gasteiger partial charge in [0.1, 0.15) is 5.65 Å².